The topological polar surface area (TPSA) is 58.6 Å². The molecule has 136 valence electrons. The van der Waals surface area contributed by atoms with E-state index in [9.17, 15) is 14.3 Å². The molecule has 3 aromatic carbocycles. The number of carboxylic acid groups (broad SMARTS) is 1. The van der Waals surface area contributed by atoms with Crippen LogP contribution in [0, 0.1) is 5.82 Å². The summed E-state index contributed by atoms with van der Waals surface area (Å²) in [5, 5.41) is 12.4. The van der Waals surface area contributed by atoms with Crippen LogP contribution in [0.2, 0.25) is 0 Å². The van der Waals surface area contributed by atoms with Crippen LogP contribution in [0.15, 0.2) is 66.7 Å². The number of nitrogens with one attached hydrogen (secondary N) is 1. The Morgan fingerprint density at radius 1 is 0.963 bits per heavy atom. The SMILES string of the molecule is COc1ccc(C=Cc2ccc(C(=O)O)c(Nc3ccc(F)cc3)c2)cc1. The lowest BCUT2D eigenvalue weighted by molar-refractivity contribution is 0.0698. The monoisotopic (exact) mass is 363 g/mol. The van der Waals surface area contributed by atoms with Crippen LogP contribution >= 0.6 is 0 Å². The number of rotatable bonds is 6. The molecule has 0 aliphatic carbocycles. The second-order valence-corrected chi connectivity index (χ2v) is 5.85. The molecule has 0 heterocycles. The van der Waals surface area contributed by atoms with Crippen molar-refractivity contribution in [2.45, 2.75) is 0 Å². The van der Waals surface area contributed by atoms with E-state index in [1.54, 1.807) is 37.4 Å². The van der Waals surface area contributed by atoms with Gasteiger partial charge in [-0.05, 0) is 59.7 Å². The van der Waals surface area contributed by atoms with Crippen LogP contribution in [-0.2, 0) is 0 Å². The fourth-order valence-corrected chi connectivity index (χ4v) is 2.55. The summed E-state index contributed by atoms with van der Waals surface area (Å²) >= 11 is 0. The third-order valence-electron chi connectivity index (χ3n) is 3.98. The van der Waals surface area contributed by atoms with E-state index in [2.05, 4.69) is 5.32 Å². The molecule has 3 rings (SSSR count). The highest BCUT2D eigenvalue weighted by atomic mass is 19.1. The second kappa shape index (κ2) is 8.19. The van der Waals surface area contributed by atoms with Crippen LogP contribution < -0.4 is 10.1 Å². The molecule has 0 saturated carbocycles. The molecule has 0 radical (unpaired) electrons. The number of carboxylic acids is 1. The Morgan fingerprint density at radius 3 is 2.22 bits per heavy atom. The lowest BCUT2D eigenvalue weighted by atomic mass is 10.1. The molecule has 0 aliphatic rings. The van der Waals surface area contributed by atoms with Gasteiger partial charge in [0, 0.05) is 5.69 Å². The number of anilines is 2. The summed E-state index contributed by atoms with van der Waals surface area (Å²) < 4.78 is 18.2. The molecule has 0 aromatic heterocycles. The minimum Gasteiger partial charge on any atom is -0.497 e. The second-order valence-electron chi connectivity index (χ2n) is 5.85. The van der Waals surface area contributed by atoms with E-state index in [1.807, 2.05) is 36.4 Å². The fourth-order valence-electron chi connectivity index (χ4n) is 2.55. The molecule has 0 bridgehead atoms. The van der Waals surface area contributed by atoms with E-state index < -0.39 is 5.97 Å². The molecule has 0 aliphatic heterocycles. The van der Waals surface area contributed by atoms with E-state index in [-0.39, 0.29) is 11.4 Å². The van der Waals surface area contributed by atoms with Gasteiger partial charge < -0.3 is 15.2 Å². The molecule has 0 saturated heterocycles. The van der Waals surface area contributed by atoms with E-state index >= 15 is 0 Å². The predicted octanol–water partition coefficient (Wildman–Crippen LogP) is 5.45. The van der Waals surface area contributed by atoms with Crippen molar-refractivity contribution >= 4 is 29.5 Å². The van der Waals surface area contributed by atoms with E-state index in [0.29, 0.717) is 11.4 Å². The van der Waals surface area contributed by atoms with Crippen molar-refractivity contribution in [2.75, 3.05) is 12.4 Å². The van der Waals surface area contributed by atoms with Crippen LogP contribution in [0.5, 0.6) is 5.75 Å². The van der Waals surface area contributed by atoms with Gasteiger partial charge in [0.1, 0.15) is 11.6 Å². The average molecular weight is 363 g/mol. The summed E-state index contributed by atoms with van der Waals surface area (Å²) in [6.45, 7) is 0. The predicted molar refractivity (Wildman–Crippen MR) is 105 cm³/mol. The number of ether oxygens (including phenoxy) is 1. The van der Waals surface area contributed by atoms with Gasteiger partial charge in [-0.3, -0.25) is 0 Å². The number of hydrogen-bond donors (Lipinski definition) is 2. The minimum atomic E-state index is -1.04. The first-order valence-electron chi connectivity index (χ1n) is 8.27. The highest BCUT2D eigenvalue weighted by Crippen LogP contribution is 2.24. The highest BCUT2D eigenvalue weighted by molar-refractivity contribution is 5.96. The zero-order valence-electron chi connectivity index (χ0n) is 14.6. The maximum absolute atomic E-state index is 13.1. The van der Waals surface area contributed by atoms with Gasteiger partial charge >= 0.3 is 5.97 Å². The summed E-state index contributed by atoms with van der Waals surface area (Å²) in [5.41, 5.74) is 3.01. The van der Waals surface area contributed by atoms with Crippen molar-refractivity contribution < 1.29 is 19.0 Å². The Labute approximate surface area is 156 Å². The van der Waals surface area contributed by atoms with Crippen molar-refractivity contribution in [3.8, 4) is 5.75 Å². The Kier molecular flexibility index (Phi) is 5.52. The fraction of sp³-hybridized carbons (Fsp3) is 0.0455. The first kappa shape index (κ1) is 18.2. The van der Waals surface area contributed by atoms with Crippen LogP contribution in [0.3, 0.4) is 0 Å². The summed E-state index contributed by atoms with van der Waals surface area (Å²) in [6.07, 6.45) is 3.82. The zero-order valence-corrected chi connectivity index (χ0v) is 14.6. The lowest BCUT2D eigenvalue weighted by Gasteiger charge is -2.11. The summed E-state index contributed by atoms with van der Waals surface area (Å²) in [6, 6.07) is 18.4. The minimum absolute atomic E-state index is 0.140. The number of benzene rings is 3. The maximum Gasteiger partial charge on any atom is 0.337 e. The maximum atomic E-state index is 13.1. The van der Waals surface area contributed by atoms with Crippen molar-refractivity contribution in [3.05, 3.63) is 89.2 Å². The van der Waals surface area contributed by atoms with Gasteiger partial charge in [-0.15, -0.1) is 0 Å². The first-order valence-corrected chi connectivity index (χ1v) is 8.27. The summed E-state index contributed by atoms with van der Waals surface area (Å²) in [7, 11) is 1.62. The molecule has 0 atom stereocenters. The van der Waals surface area contributed by atoms with Crippen LogP contribution in [0.1, 0.15) is 21.5 Å². The summed E-state index contributed by atoms with van der Waals surface area (Å²) in [5.74, 6) is -0.607. The largest absolute Gasteiger partial charge is 0.497 e. The third kappa shape index (κ3) is 4.73. The van der Waals surface area contributed by atoms with Crippen LogP contribution in [0.4, 0.5) is 15.8 Å². The van der Waals surface area contributed by atoms with Gasteiger partial charge in [0.15, 0.2) is 0 Å². The standard InChI is InChI=1S/C22H18FNO3/c1-27-19-11-4-15(5-12-19)2-3-16-6-13-20(22(25)26)21(14-16)24-18-9-7-17(23)8-10-18/h2-14,24H,1H3,(H,25,26). The molecular formula is C22H18FNO3. The lowest BCUT2D eigenvalue weighted by Crippen LogP contribution is -2.03. The van der Waals surface area contributed by atoms with Gasteiger partial charge in [0.2, 0.25) is 0 Å². The van der Waals surface area contributed by atoms with Crippen LogP contribution in [-0.4, -0.2) is 18.2 Å². The number of halogens is 1. The Hall–Kier alpha value is -3.60. The number of aromatic carboxylic acids is 1. The van der Waals surface area contributed by atoms with Gasteiger partial charge in [0.05, 0.1) is 18.4 Å². The normalized spacial score (nSPS) is 10.7. The van der Waals surface area contributed by atoms with Crippen molar-refractivity contribution in [2.24, 2.45) is 0 Å². The molecule has 3 aromatic rings. The molecule has 2 N–H and O–H groups in total. The molecule has 0 fully saturated rings. The molecular weight excluding hydrogens is 345 g/mol. The van der Waals surface area contributed by atoms with Gasteiger partial charge in [-0.25, -0.2) is 9.18 Å². The molecule has 5 heteroatoms. The molecule has 27 heavy (non-hydrogen) atoms. The Bertz CT molecular complexity index is 964. The highest BCUT2D eigenvalue weighted by Gasteiger charge is 2.10. The molecule has 4 nitrogen and oxygen atoms in total. The summed E-state index contributed by atoms with van der Waals surface area (Å²) in [4.78, 5) is 11.5. The molecule has 0 unspecified atom stereocenters. The van der Waals surface area contributed by atoms with Crippen molar-refractivity contribution in [3.63, 3.8) is 0 Å². The van der Waals surface area contributed by atoms with Crippen molar-refractivity contribution in [1.29, 1.82) is 0 Å². The van der Waals surface area contributed by atoms with Crippen LogP contribution in [0.25, 0.3) is 12.2 Å². The van der Waals surface area contributed by atoms with Crippen molar-refractivity contribution in [1.82, 2.24) is 0 Å². The Balaban J connectivity index is 1.86. The smallest absolute Gasteiger partial charge is 0.337 e. The van der Waals surface area contributed by atoms with Gasteiger partial charge in [0.25, 0.3) is 0 Å². The zero-order chi connectivity index (χ0) is 19.2. The number of hydrogen-bond acceptors (Lipinski definition) is 3. The molecule has 0 amide bonds. The number of carbonyl (C=O) groups is 1. The van der Waals surface area contributed by atoms with E-state index in [4.69, 9.17) is 4.74 Å². The quantitative estimate of drug-likeness (QED) is 0.572. The van der Waals surface area contributed by atoms with E-state index in [1.165, 1.54) is 12.1 Å². The van der Waals surface area contributed by atoms with Gasteiger partial charge in [-0.1, -0.05) is 30.4 Å². The van der Waals surface area contributed by atoms with E-state index in [0.717, 1.165) is 16.9 Å². The van der Waals surface area contributed by atoms with Gasteiger partial charge in [-0.2, -0.15) is 0 Å². The Morgan fingerprint density at radius 2 is 1.59 bits per heavy atom. The first-order chi connectivity index (χ1) is 13.0. The number of methoxy groups -OCH3 is 1. The average Bonchev–Trinajstić information content (AvgIpc) is 2.68. The third-order valence-corrected chi connectivity index (χ3v) is 3.98. The molecule has 0 spiro atoms.